The van der Waals surface area contributed by atoms with Crippen LogP contribution in [0.25, 0.3) is 17.4 Å². The van der Waals surface area contributed by atoms with Gasteiger partial charge in [-0.2, -0.15) is 0 Å². The summed E-state index contributed by atoms with van der Waals surface area (Å²) >= 11 is 6.78. The van der Waals surface area contributed by atoms with E-state index in [0.29, 0.717) is 33.5 Å². The Morgan fingerprint density at radius 2 is 1.86 bits per heavy atom. The predicted molar refractivity (Wildman–Crippen MR) is 133 cm³/mol. The molecule has 1 aliphatic heterocycles. The number of imide groups is 1. The molecule has 1 saturated heterocycles. The van der Waals surface area contributed by atoms with Gasteiger partial charge in [-0.3, -0.25) is 24.1 Å². The number of furan rings is 1. The van der Waals surface area contributed by atoms with Crippen LogP contribution in [-0.4, -0.2) is 41.4 Å². The number of thioether (sulfide) groups is 1. The van der Waals surface area contributed by atoms with Crippen LogP contribution in [0.2, 0.25) is 5.02 Å². The van der Waals surface area contributed by atoms with Crippen LogP contribution in [0.1, 0.15) is 23.0 Å². The second kappa shape index (κ2) is 10.2. The van der Waals surface area contributed by atoms with Crippen LogP contribution in [0.4, 0.5) is 10.5 Å². The zero-order chi connectivity index (χ0) is 25.1. The smallest absolute Gasteiger partial charge is 0.294 e. The number of rotatable bonds is 7. The number of Topliss-reactive ketones (excluding diaryl/α,β-unsaturated/α-hetero) is 1. The lowest BCUT2D eigenvalue weighted by Crippen LogP contribution is -2.36. The van der Waals surface area contributed by atoms with E-state index in [9.17, 15) is 19.2 Å². The molecule has 3 amide bonds. The van der Waals surface area contributed by atoms with E-state index in [-0.39, 0.29) is 10.7 Å². The molecule has 2 aromatic carbocycles. The first-order chi connectivity index (χ1) is 16.7. The molecule has 0 aliphatic carbocycles. The minimum Gasteiger partial charge on any atom is -0.495 e. The SMILES string of the molecule is COc1ccc(NC(=O)CN2C(=O)S/C(=C/c3ccc(-c4ccc(C(C)=O)cc4)o3)C2=O)cc1Cl. The van der Waals surface area contributed by atoms with Crippen molar-refractivity contribution in [3.05, 3.63) is 75.8 Å². The van der Waals surface area contributed by atoms with Gasteiger partial charge in [0.15, 0.2) is 5.78 Å². The molecule has 1 aromatic heterocycles. The van der Waals surface area contributed by atoms with E-state index in [0.717, 1.165) is 22.2 Å². The van der Waals surface area contributed by atoms with Gasteiger partial charge in [0.05, 0.1) is 17.0 Å². The van der Waals surface area contributed by atoms with Gasteiger partial charge in [0.25, 0.3) is 11.1 Å². The van der Waals surface area contributed by atoms with Crippen LogP contribution in [0, 0.1) is 0 Å². The molecular weight excluding hydrogens is 492 g/mol. The Balaban J connectivity index is 1.43. The van der Waals surface area contributed by atoms with Gasteiger partial charge in [0, 0.05) is 22.9 Å². The molecule has 178 valence electrons. The summed E-state index contributed by atoms with van der Waals surface area (Å²) in [6.07, 6.45) is 1.46. The lowest BCUT2D eigenvalue weighted by molar-refractivity contribution is -0.127. The number of methoxy groups -OCH3 is 1. The van der Waals surface area contributed by atoms with Crippen molar-refractivity contribution in [1.82, 2.24) is 4.90 Å². The number of hydrogen-bond donors (Lipinski definition) is 1. The van der Waals surface area contributed by atoms with Gasteiger partial charge < -0.3 is 14.5 Å². The van der Waals surface area contributed by atoms with Gasteiger partial charge in [0.2, 0.25) is 5.91 Å². The summed E-state index contributed by atoms with van der Waals surface area (Å²) in [6.45, 7) is 1.04. The van der Waals surface area contributed by atoms with E-state index in [4.69, 9.17) is 20.8 Å². The molecule has 2 heterocycles. The van der Waals surface area contributed by atoms with Crippen LogP contribution >= 0.6 is 23.4 Å². The Morgan fingerprint density at radius 1 is 1.11 bits per heavy atom. The average Bonchev–Trinajstić information content (AvgIpc) is 3.39. The number of halogens is 1. The number of amides is 3. The van der Waals surface area contributed by atoms with Crippen molar-refractivity contribution in [2.75, 3.05) is 19.0 Å². The quantitative estimate of drug-likeness (QED) is 0.331. The van der Waals surface area contributed by atoms with Crippen molar-refractivity contribution in [2.45, 2.75) is 6.92 Å². The number of hydrogen-bond acceptors (Lipinski definition) is 7. The number of nitrogens with zero attached hydrogens (tertiary/aromatic N) is 1. The molecule has 1 fully saturated rings. The molecule has 0 bridgehead atoms. The largest absolute Gasteiger partial charge is 0.495 e. The maximum atomic E-state index is 12.7. The van der Waals surface area contributed by atoms with Crippen molar-refractivity contribution in [3.63, 3.8) is 0 Å². The fourth-order valence-corrected chi connectivity index (χ4v) is 4.38. The Labute approximate surface area is 209 Å². The van der Waals surface area contributed by atoms with Gasteiger partial charge in [-0.25, -0.2) is 0 Å². The Kier molecular flexibility index (Phi) is 7.09. The minimum atomic E-state index is -0.591. The van der Waals surface area contributed by atoms with Crippen LogP contribution in [0.3, 0.4) is 0 Å². The monoisotopic (exact) mass is 510 g/mol. The Hall–Kier alpha value is -3.82. The number of ketones is 1. The normalized spacial score (nSPS) is 14.5. The third-order valence-corrected chi connectivity index (χ3v) is 6.29. The number of nitrogens with one attached hydrogen (secondary N) is 1. The zero-order valence-electron chi connectivity index (χ0n) is 18.7. The van der Waals surface area contributed by atoms with Gasteiger partial charge in [-0.05, 0) is 49.0 Å². The van der Waals surface area contributed by atoms with E-state index in [2.05, 4.69) is 5.32 Å². The van der Waals surface area contributed by atoms with E-state index in [1.54, 1.807) is 48.5 Å². The molecule has 0 saturated carbocycles. The highest BCUT2D eigenvalue weighted by Crippen LogP contribution is 2.33. The minimum absolute atomic E-state index is 0.0334. The fourth-order valence-electron chi connectivity index (χ4n) is 3.31. The summed E-state index contributed by atoms with van der Waals surface area (Å²) in [5.41, 5.74) is 1.76. The molecular formula is C25H19ClN2O6S. The number of ether oxygens (including phenoxy) is 1. The summed E-state index contributed by atoms with van der Waals surface area (Å²) in [6, 6.07) is 15.0. The third-order valence-electron chi connectivity index (χ3n) is 5.09. The van der Waals surface area contributed by atoms with Crippen LogP contribution < -0.4 is 10.1 Å². The first-order valence-corrected chi connectivity index (χ1v) is 11.5. The molecule has 10 heteroatoms. The van der Waals surface area contributed by atoms with Crippen molar-refractivity contribution < 1.29 is 28.3 Å². The fraction of sp³-hybridized carbons (Fsp3) is 0.120. The molecule has 0 unspecified atom stereocenters. The maximum Gasteiger partial charge on any atom is 0.294 e. The van der Waals surface area contributed by atoms with Gasteiger partial charge in [-0.15, -0.1) is 0 Å². The molecule has 0 radical (unpaired) electrons. The maximum absolute atomic E-state index is 12.7. The molecule has 0 spiro atoms. The van der Waals surface area contributed by atoms with Crippen LogP contribution in [0.5, 0.6) is 5.75 Å². The average molecular weight is 511 g/mol. The first-order valence-electron chi connectivity index (χ1n) is 10.3. The van der Waals surface area contributed by atoms with E-state index in [1.807, 2.05) is 0 Å². The third kappa shape index (κ3) is 5.47. The highest BCUT2D eigenvalue weighted by molar-refractivity contribution is 8.18. The van der Waals surface area contributed by atoms with Crippen molar-refractivity contribution in [1.29, 1.82) is 0 Å². The van der Waals surface area contributed by atoms with Crippen molar-refractivity contribution in [2.24, 2.45) is 0 Å². The summed E-state index contributed by atoms with van der Waals surface area (Å²) < 4.78 is 10.9. The molecule has 35 heavy (non-hydrogen) atoms. The second-order valence-corrected chi connectivity index (χ2v) is 8.90. The van der Waals surface area contributed by atoms with E-state index >= 15 is 0 Å². The summed E-state index contributed by atoms with van der Waals surface area (Å²) in [5.74, 6) is 0.195. The molecule has 1 N–H and O–H groups in total. The topological polar surface area (TPSA) is 106 Å². The van der Waals surface area contributed by atoms with Gasteiger partial charge in [0.1, 0.15) is 23.8 Å². The Bertz CT molecular complexity index is 1360. The zero-order valence-corrected chi connectivity index (χ0v) is 20.2. The molecule has 1 aliphatic rings. The van der Waals surface area contributed by atoms with Crippen LogP contribution in [-0.2, 0) is 9.59 Å². The number of anilines is 1. The standard InChI is InChI=1S/C25H19ClN2O6S/c1-14(29)15-3-5-16(6-4-15)20-10-8-18(34-20)12-22-24(31)28(25(32)35-22)13-23(30)27-17-7-9-21(33-2)19(26)11-17/h3-12H,13H2,1-2H3,(H,27,30)/b22-12+. The second-order valence-electron chi connectivity index (χ2n) is 7.50. The van der Waals surface area contributed by atoms with Gasteiger partial charge >= 0.3 is 0 Å². The lowest BCUT2D eigenvalue weighted by Gasteiger charge is -2.13. The molecule has 3 aromatic rings. The highest BCUT2D eigenvalue weighted by atomic mass is 35.5. The summed E-state index contributed by atoms with van der Waals surface area (Å²) in [7, 11) is 1.48. The molecule has 0 atom stereocenters. The highest BCUT2D eigenvalue weighted by Gasteiger charge is 2.36. The van der Waals surface area contributed by atoms with Crippen molar-refractivity contribution in [3.8, 4) is 17.1 Å². The predicted octanol–water partition coefficient (Wildman–Crippen LogP) is 5.49. The summed E-state index contributed by atoms with van der Waals surface area (Å²) in [5, 5.41) is 2.36. The molecule has 4 rings (SSSR count). The first kappa shape index (κ1) is 24.3. The van der Waals surface area contributed by atoms with Crippen LogP contribution in [0.15, 0.2) is 63.9 Å². The van der Waals surface area contributed by atoms with E-state index < -0.39 is 23.6 Å². The number of benzene rings is 2. The number of carbonyl (C=O) groups is 4. The Morgan fingerprint density at radius 3 is 2.51 bits per heavy atom. The lowest BCUT2D eigenvalue weighted by atomic mass is 10.1. The van der Waals surface area contributed by atoms with Crippen molar-refractivity contribution >= 4 is 58.0 Å². The van der Waals surface area contributed by atoms with Gasteiger partial charge in [-0.1, -0.05) is 35.9 Å². The number of carbonyl (C=O) groups excluding carboxylic acids is 4. The van der Waals surface area contributed by atoms with E-state index in [1.165, 1.54) is 26.2 Å². The molecule has 8 nitrogen and oxygen atoms in total. The summed E-state index contributed by atoms with van der Waals surface area (Å²) in [4.78, 5) is 50.0.